The molecule has 1 aliphatic carbocycles. The van der Waals surface area contributed by atoms with E-state index in [0.717, 1.165) is 12.8 Å². The molecule has 0 heterocycles. The highest BCUT2D eigenvalue weighted by Crippen LogP contribution is 2.39. The summed E-state index contributed by atoms with van der Waals surface area (Å²) in [4.78, 5) is 12.4. The van der Waals surface area contributed by atoms with E-state index in [1.807, 2.05) is 0 Å². The molecule has 2 nitrogen and oxygen atoms in total. The van der Waals surface area contributed by atoms with Gasteiger partial charge < -0.3 is 5.32 Å². The summed E-state index contributed by atoms with van der Waals surface area (Å²) in [5.41, 5.74) is 2.83. The average Bonchev–Trinajstić information content (AvgIpc) is 3.06. The van der Waals surface area contributed by atoms with Crippen LogP contribution in [0.4, 0.5) is 0 Å². The molecule has 27 heavy (non-hydrogen) atoms. The Morgan fingerprint density at radius 3 is 1.81 bits per heavy atom. The number of hydrogen-bond acceptors (Lipinski definition) is 1. The van der Waals surface area contributed by atoms with Gasteiger partial charge in [-0.2, -0.15) is 0 Å². The largest absolute Gasteiger partial charge is 0.330 e. The molecular weight excluding hydrogens is 330 g/mol. The molecule has 1 amide bonds. The molecule has 1 N–H and O–H groups in total. The van der Waals surface area contributed by atoms with Crippen LogP contribution in [0, 0.1) is 11.8 Å². The van der Waals surface area contributed by atoms with Gasteiger partial charge in [0.1, 0.15) is 0 Å². The first-order valence-electron chi connectivity index (χ1n) is 11.9. The predicted octanol–water partition coefficient (Wildman–Crippen LogP) is 7.70. The Morgan fingerprint density at radius 1 is 0.741 bits per heavy atom. The van der Waals surface area contributed by atoms with Gasteiger partial charge in [-0.15, -0.1) is 0 Å². The van der Waals surface area contributed by atoms with Crippen molar-refractivity contribution in [3.05, 3.63) is 23.4 Å². The number of hydrogen-bond donors (Lipinski definition) is 1. The Labute approximate surface area is 169 Å². The Morgan fingerprint density at radius 2 is 1.30 bits per heavy atom. The first-order valence-corrected chi connectivity index (χ1v) is 11.9. The fraction of sp³-hybridized carbons (Fsp3) is 0.800. The Bertz CT molecular complexity index is 443. The predicted molar refractivity (Wildman–Crippen MR) is 119 cm³/mol. The van der Waals surface area contributed by atoms with Crippen molar-refractivity contribution in [1.82, 2.24) is 5.32 Å². The maximum absolute atomic E-state index is 12.4. The molecule has 0 aromatic carbocycles. The highest BCUT2D eigenvalue weighted by molar-refractivity contribution is 5.78. The standard InChI is InChI=1S/C25H45NO/c1-5-9-12-13-14-18-23(26-24(27)15-8-4)25-21(16-10-6-2)19-20-22(25)17-11-7-3/h19-22H,5-18H2,1-4H3,(H,26,27). The zero-order chi connectivity index (χ0) is 19.9. The van der Waals surface area contributed by atoms with Crippen LogP contribution in [0.1, 0.15) is 118 Å². The van der Waals surface area contributed by atoms with Crippen LogP contribution in [-0.4, -0.2) is 5.91 Å². The fourth-order valence-electron chi connectivity index (χ4n) is 4.19. The molecule has 1 aliphatic rings. The molecule has 0 bridgehead atoms. The van der Waals surface area contributed by atoms with Crippen molar-refractivity contribution in [2.24, 2.45) is 11.8 Å². The monoisotopic (exact) mass is 375 g/mol. The summed E-state index contributed by atoms with van der Waals surface area (Å²) in [7, 11) is 0. The summed E-state index contributed by atoms with van der Waals surface area (Å²) in [5, 5.41) is 3.36. The topological polar surface area (TPSA) is 29.1 Å². The molecule has 0 aromatic rings. The van der Waals surface area contributed by atoms with Crippen molar-refractivity contribution >= 4 is 5.91 Å². The van der Waals surface area contributed by atoms with Crippen LogP contribution in [0.25, 0.3) is 0 Å². The van der Waals surface area contributed by atoms with Gasteiger partial charge in [-0.05, 0) is 37.7 Å². The molecule has 0 saturated heterocycles. The Kier molecular flexibility index (Phi) is 13.3. The number of carbonyl (C=O) groups excluding carboxylic acids is 1. The summed E-state index contributed by atoms with van der Waals surface area (Å²) < 4.78 is 0. The molecule has 0 fully saturated rings. The molecule has 0 radical (unpaired) electrons. The number of allylic oxidation sites excluding steroid dienone is 4. The minimum atomic E-state index is 0.212. The third-order valence-electron chi connectivity index (χ3n) is 5.76. The third-order valence-corrected chi connectivity index (χ3v) is 5.76. The number of rotatable bonds is 15. The van der Waals surface area contributed by atoms with Crippen LogP contribution in [0.5, 0.6) is 0 Å². The van der Waals surface area contributed by atoms with Crippen LogP contribution in [0.2, 0.25) is 0 Å². The second kappa shape index (κ2) is 14.9. The number of carbonyl (C=O) groups is 1. The maximum atomic E-state index is 12.4. The molecule has 0 spiro atoms. The van der Waals surface area contributed by atoms with E-state index in [-0.39, 0.29) is 5.91 Å². The van der Waals surface area contributed by atoms with Gasteiger partial charge in [0.2, 0.25) is 5.91 Å². The number of nitrogens with one attached hydrogen (secondary N) is 1. The molecule has 2 unspecified atom stereocenters. The summed E-state index contributed by atoms with van der Waals surface area (Å²) >= 11 is 0. The van der Waals surface area contributed by atoms with Gasteiger partial charge in [-0.25, -0.2) is 0 Å². The van der Waals surface area contributed by atoms with Gasteiger partial charge in [-0.1, -0.05) is 91.2 Å². The summed E-state index contributed by atoms with van der Waals surface area (Å²) in [6.07, 6.45) is 21.4. The van der Waals surface area contributed by atoms with E-state index in [2.05, 4.69) is 45.2 Å². The van der Waals surface area contributed by atoms with E-state index in [4.69, 9.17) is 0 Å². The van der Waals surface area contributed by atoms with Crippen LogP contribution >= 0.6 is 0 Å². The zero-order valence-corrected chi connectivity index (χ0v) is 18.6. The minimum Gasteiger partial charge on any atom is -0.330 e. The fourth-order valence-corrected chi connectivity index (χ4v) is 4.19. The minimum absolute atomic E-state index is 0.212. The van der Waals surface area contributed by atoms with Crippen molar-refractivity contribution in [2.45, 2.75) is 118 Å². The lowest BCUT2D eigenvalue weighted by molar-refractivity contribution is -0.120. The van der Waals surface area contributed by atoms with E-state index < -0.39 is 0 Å². The summed E-state index contributed by atoms with van der Waals surface area (Å²) in [6, 6.07) is 0. The van der Waals surface area contributed by atoms with Crippen LogP contribution in [-0.2, 0) is 4.79 Å². The Balaban J connectivity index is 2.96. The summed E-state index contributed by atoms with van der Waals surface area (Å²) in [6.45, 7) is 8.89. The molecular formula is C25H45NO. The van der Waals surface area contributed by atoms with E-state index in [0.29, 0.717) is 18.3 Å². The summed E-state index contributed by atoms with van der Waals surface area (Å²) in [5.74, 6) is 1.29. The molecule has 0 aromatic heterocycles. The van der Waals surface area contributed by atoms with Gasteiger partial charge >= 0.3 is 0 Å². The molecule has 1 rings (SSSR count). The average molecular weight is 376 g/mol. The lowest BCUT2D eigenvalue weighted by Crippen LogP contribution is -2.26. The van der Waals surface area contributed by atoms with Gasteiger partial charge in [-0.3, -0.25) is 4.79 Å². The molecule has 0 saturated carbocycles. The lowest BCUT2D eigenvalue weighted by atomic mass is 9.85. The van der Waals surface area contributed by atoms with E-state index in [1.165, 1.54) is 76.3 Å². The quantitative estimate of drug-likeness (QED) is 0.230. The number of unbranched alkanes of at least 4 members (excludes halogenated alkanes) is 6. The van der Waals surface area contributed by atoms with Gasteiger partial charge in [0.25, 0.3) is 0 Å². The molecule has 2 heteroatoms. The third kappa shape index (κ3) is 9.12. The van der Waals surface area contributed by atoms with Crippen molar-refractivity contribution in [3.63, 3.8) is 0 Å². The van der Waals surface area contributed by atoms with Crippen molar-refractivity contribution < 1.29 is 4.79 Å². The first-order chi connectivity index (χ1) is 13.2. The highest BCUT2D eigenvalue weighted by Gasteiger charge is 2.28. The van der Waals surface area contributed by atoms with Crippen LogP contribution in [0.15, 0.2) is 23.4 Å². The normalized spacial score (nSPS) is 18.9. The second-order valence-electron chi connectivity index (χ2n) is 8.28. The van der Waals surface area contributed by atoms with E-state index in [9.17, 15) is 4.79 Å². The second-order valence-corrected chi connectivity index (χ2v) is 8.28. The van der Waals surface area contributed by atoms with Crippen molar-refractivity contribution in [1.29, 1.82) is 0 Å². The van der Waals surface area contributed by atoms with Crippen LogP contribution < -0.4 is 5.32 Å². The highest BCUT2D eigenvalue weighted by atomic mass is 16.1. The Hall–Kier alpha value is -1.05. The first kappa shape index (κ1) is 24.0. The lowest BCUT2D eigenvalue weighted by Gasteiger charge is -2.23. The SMILES string of the molecule is CCCCCCCC(NC(=O)CCC)=C1C(CCCC)C=CC1CCCC. The van der Waals surface area contributed by atoms with Gasteiger partial charge in [0.15, 0.2) is 0 Å². The smallest absolute Gasteiger partial charge is 0.224 e. The van der Waals surface area contributed by atoms with Gasteiger partial charge in [0, 0.05) is 24.0 Å². The van der Waals surface area contributed by atoms with Crippen molar-refractivity contribution in [2.75, 3.05) is 0 Å². The molecule has 2 atom stereocenters. The maximum Gasteiger partial charge on any atom is 0.224 e. The molecule has 156 valence electrons. The number of amides is 1. The van der Waals surface area contributed by atoms with Crippen LogP contribution in [0.3, 0.4) is 0 Å². The molecule has 0 aliphatic heterocycles. The zero-order valence-electron chi connectivity index (χ0n) is 18.6. The van der Waals surface area contributed by atoms with Gasteiger partial charge in [0.05, 0.1) is 0 Å². The van der Waals surface area contributed by atoms with Crippen molar-refractivity contribution in [3.8, 4) is 0 Å². The van der Waals surface area contributed by atoms with E-state index >= 15 is 0 Å². The van der Waals surface area contributed by atoms with E-state index in [1.54, 1.807) is 5.57 Å².